The SMILES string of the molecule is C=C(CCC=C(C)C)c1ccc(C)c(O)c1. The first-order valence-corrected chi connectivity index (χ1v) is 5.62. The second kappa shape index (κ2) is 5.55. The van der Waals surface area contributed by atoms with Crippen LogP contribution in [-0.4, -0.2) is 5.11 Å². The van der Waals surface area contributed by atoms with Crippen molar-refractivity contribution in [3.63, 3.8) is 0 Å². The Balaban J connectivity index is 2.66. The van der Waals surface area contributed by atoms with Gasteiger partial charge in [-0.15, -0.1) is 0 Å². The molecule has 1 N–H and O–H groups in total. The van der Waals surface area contributed by atoms with Crippen LogP contribution in [0.2, 0.25) is 0 Å². The van der Waals surface area contributed by atoms with Crippen LogP contribution in [0.25, 0.3) is 5.57 Å². The van der Waals surface area contributed by atoms with Crippen molar-refractivity contribution in [1.29, 1.82) is 0 Å². The van der Waals surface area contributed by atoms with E-state index < -0.39 is 0 Å². The predicted molar refractivity (Wildman–Crippen MR) is 70.5 cm³/mol. The maximum absolute atomic E-state index is 9.61. The Kier molecular flexibility index (Phi) is 4.36. The van der Waals surface area contributed by atoms with Crippen molar-refractivity contribution in [2.45, 2.75) is 33.6 Å². The highest BCUT2D eigenvalue weighted by Crippen LogP contribution is 2.24. The zero-order chi connectivity index (χ0) is 12.1. The third-order valence-electron chi connectivity index (χ3n) is 2.62. The minimum atomic E-state index is 0.348. The summed E-state index contributed by atoms with van der Waals surface area (Å²) in [6.45, 7) is 10.1. The Morgan fingerprint density at radius 1 is 1.38 bits per heavy atom. The van der Waals surface area contributed by atoms with E-state index in [-0.39, 0.29) is 0 Å². The quantitative estimate of drug-likeness (QED) is 0.737. The average Bonchev–Trinajstić information content (AvgIpc) is 2.21. The lowest BCUT2D eigenvalue weighted by Crippen LogP contribution is -1.84. The minimum Gasteiger partial charge on any atom is -0.508 e. The van der Waals surface area contributed by atoms with E-state index in [9.17, 15) is 5.11 Å². The third-order valence-corrected chi connectivity index (χ3v) is 2.62. The summed E-state index contributed by atoms with van der Waals surface area (Å²) in [5.74, 6) is 0.348. The fourth-order valence-electron chi connectivity index (χ4n) is 1.51. The number of phenolic OH excluding ortho intramolecular Hbond substituents is 1. The Morgan fingerprint density at radius 3 is 2.62 bits per heavy atom. The summed E-state index contributed by atoms with van der Waals surface area (Å²) in [5, 5.41) is 9.61. The van der Waals surface area contributed by atoms with Crippen LogP contribution >= 0.6 is 0 Å². The lowest BCUT2D eigenvalue weighted by molar-refractivity contribution is 0.471. The molecule has 0 saturated carbocycles. The summed E-state index contributed by atoms with van der Waals surface area (Å²) >= 11 is 0. The van der Waals surface area contributed by atoms with E-state index in [1.807, 2.05) is 19.1 Å². The standard InChI is InChI=1S/C15H20O/c1-11(2)6-5-7-12(3)14-9-8-13(4)15(16)10-14/h6,8-10,16H,3,5,7H2,1-2,4H3. The first kappa shape index (κ1) is 12.6. The van der Waals surface area contributed by atoms with E-state index in [0.717, 1.165) is 29.5 Å². The maximum Gasteiger partial charge on any atom is 0.119 e. The Labute approximate surface area is 98.1 Å². The molecule has 0 fully saturated rings. The van der Waals surface area contributed by atoms with Gasteiger partial charge in [0.2, 0.25) is 0 Å². The first-order chi connectivity index (χ1) is 7.50. The smallest absolute Gasteiger partial charge is 0.119 e. The molecule has 0 aliphatic heterocycles. The highest BCUT2D eigenvalue weighted by Gasteiger charge is 2.01. The van der Waals surface area contributed by atoms with Gasteiger partial charge in [0, 0.05) is 0 Å². The van der Waals surface area contributed by atoms with Crippen LogP contribution in [0.5, 0.6) is 5.75 Å². The van der Waals surface area contributed by atoms with Gasteiger partial charge in [-0.25, -0.2) is 0 Å². The topological polar surface area (TPSA) is 20.2 Å². The molecule has 0 atom stereocenters. The highest BCUT2D eigenvalue weighted by molar-refractivity contribution is 5.65. The molecule has 16 heavy (non-hydrogen) atoms. The molecule has 1 nitrogen and oxygen atoms in total. The molecule has 0 heterocycles. The molecule has 1 aromatic rings. The average molecular weight is 216 g/mol. The highest BCUT2D eigenvalue weighted by atomic mass is 16.3. The van der Waals surface area contributed by atoms with Gasteiger partial charge in [-0.1, -0.05) is 30.4 Å². The Morgan fingerprint density at radius 2 is 2.06 bits per heavy atom. The summed E-state index contributed by atoms with van der Waals surface area (Å²) in [4.78, 5) is 0. The largest absolute Gasteiger partial charge is 0.508 e. The number of aromatic hydroxyl groups is 1. The van der Waals surface area contributed by atoms with Gasteiger partial charge in [0.15, 0.2) is 0 Å². The molecule has 0 radical (unpaired) electrons. The van der Waals surface area contributed by atoms with Crippen molar-refractivity contribution in [2.75, 3.05) is 0 Å². The summed E-state index contributed by atoms with van der Waals surface area (Å²) in [6, 6.07) is 5.73. The lowest BCUT2D eigenvalue weighted by atomic mass is 10.0. The van der Waals surface area contributed by atoms with Gasteiger partial charge in [-0.3, -0.25) is 0 Å². The number of allylic oxidation sites excluding steroid dienone is 3. The van der Waals surface area contributed by atoms with Crippen LogP contribution in [0.1, 0.15) is 37.8 Å². The number of hydrogen-bond donors (Lipinski definition) is 1. The van der Waals surface area contributed by atoms with E-state index in [0.29, 0.717) is 5.75 Å². The van der Waals surface area contributed by atoms with Gasteiger partial charge in [0.1, 0.15) is 5.75 Å². The molecule has 86 valence electrons. The minimum absolute atomic E-state index is 0.348. The molecule has 0 spiro atoms. The van der Waals surface area contributed by atoms with E-state index in [1.165, 1.54) is 5.57 Å². The molecule has 1 rings (SSSR count). The van der Waals surface area contributed by atoms with Gasteiger partial charge < -0.3 is 5.11 Å². The molecular weight excluding hydrogens is 196 g/mol. The predicted octanol–water partition coefficient (Wildman–Crippen LogP) is 4.46. The number of benzene rings is 1. The first-order valence-electron chi connectivity index (χ1n) is 5.62. The van der Waals surface area contributed by atoms with Crippen LogP contribution in [0.3, 0.4) is 0 Å². The number of phenols is 1. The van der Waals surface area contributed by atoms with Crippen LogP contribution in [0.15, 0.2) is 36.4 Å². The van der Waals surface area contributed by atoms with Gasteiger partial charge in [0.05, 0.1) is 0 Å². The molecule has 0 unspecified atom stereocenters. The molecule has 0 aliphatic rings. The molecule has 0 saturated heterocycles. The number of hydrogen-bond acceptors (Lipinski definition) is 1. The number of rotatable bonds is 4. The van der Waals surface area contributed by atoms with Crippen LogP contribution < -0.4 is 0 Å². The molecule has 1 heteroatoms. The molecule has 1 aromatic carbocycles. The maximum atomic E-state index is 9.61. The van der Waals surface area contributed by atoms with Crippen molar-refractivity contribution in [1.82, 2.24) is 0 Å². The second-order valence-electron chi connectivity index (χ2n) is 4.42. The molecule has 0 bridgehead atoms. The summed E-state index contributed by atoms with van der Waals surface area (Å²) in [7, 11) is 0. The van der Waals surface area contributed by atoms with Gasteiger partial charge >= 0.3 is 0 Å². The van der Waals surface area contributed by atoms with Crippen LogP contribution in [0.4, 0.5) is 0 Å². The second-order valence-corrected chi connectivity index (χ2v) is 4.42. The van der Waals surface area contributed by atoms with Gasteiger partial charge in [0.25, 0.3) is 0 Å². The third kappa shape index (κ3) is 3.58. The van der Waals surface area contributed by atoms with E-state index in [4.69, 9.17) is 0 Å². The van der Waals surface area contributed by atoms with E-state index in [1.54, 1.807) is 6.07 Å². The van der Waals surface area contributed by atoms with Crippen LogP contribution in [0, 0.1) is 6.92 Å². The van der Waals surface area contributed by atoms with Gasteiger partial charge in [-0.2, -0.15) is 0 Å². The Hall–Kier alpha value is -1.50. The molecule has 0 aliphatic carbocycles. The van der Waals surface area contributed by atoms with Crippen molar-refractivity contribution < 1.29 is 5.11 Å². The monoisotopic (exact) mass is 216 g/mol. The Bertz CT molecular complexity index is 409. The van der Waals surface area contributed by atoms with Crippen LogP contribution in [-0.2, 0) is 0 Å². The normalized spacial score (nSPS) is 9.94. The fraction of sp³-hybridized carbons (Fsp3) is 0.333. The molecular formula is C15H20O. The van der Waals surface area contributed by atoms with Crippen molar-refractivity contribution in [2.24, 2.45) is 0 Å². The lowest BCUT2D eigenvalue weighted by Gasteiger charge is -2.06. The zero-order valence-electron chi connectivity index (χ0n) is 10.4. The molecule has 0 aromatic heterocycles. The fourth-order valence-corrected chi connectivity index (χ4v) is 1.51. The summed E-state index contributed by atoms with van der Waals surface area (Å²) in [5.41, 5.74) is 4.35. The van der Waals surface area contributed by atoms with E-state index in [2.05, 4.69) is 26.5 Å². The van der Waals surface area contributed by atoms with E-state index >= 15 is 0 Å². The van der Waals surface area contributed by atoms with Crippen molar-refractivity contribution >= 4 is 5.57 Å². The summed E-state index contributed by atoms with van der Waals surface area (Å²) < 4.78 is 0. The zero-order valence-corrected chi connectivity index (χ0v) is 10.4. The molecule has 0 amide bonds. The van der Waals surface area contributed by atoms with Crippen molar-refractivity contribution in [3.8, 4) is 5.75 Å². The van der Waals surface area contributed by atoms with Gasteiger partial charge in [-0.05, 0) is 56.4 Å². The number of aryl methyl sites for hydroxylation is 1. The van der Waals surface area contributed by atoms with Crippen molar-refractivity contribution in [3.05, 3.63) is 47.6 Å². The summed E-state index contributed by atoms with van der Waals surface area (Å²) in [6.07, 6.45) is 4.16.